The van der Waals surface area contributed by atoms with Gasteiger partial charge < -0.3 is 5.32 Å². The van der Waals surface area contributed by atoms with Crippen molar-refractivity contribution in [1.82, 2.24) is 30.3 Å². The molecule has 7 heteroatoms. The van der Waals surface area contributed by atoms with Crippen LogP contribution in [0.5, 0.6) is 0 Å². The third-order valence-corrected chi connectivity index (χ3v) is 3.11. The lowest BCUT2D eigenvalue weighted by atomic mass is 10.5. The average molecular weight is 252 g/mol. The third-order valence-electron chi connectivity index (χ3n) is 2.22. The van der Waals surface area contributed by atoms with Crippen LogP contribution in [-0.4, -0.2) is 31.5 Å². The molecule has 0 saturated heterocycles. The fourth-order valence-electron chi connectivity index (χ4n) is 1.48. The maximum absolute atomic E-state index is 4.28. The zero-order valence-electron chi connectivity index (χ0n) is 10.3. The Bertz CT molecular complexity index is 489. The Morgan fingerprint density at radius 2 is 2.12 bits per heavy atom. The Labute approximate surface area is 104 Å². The monoisotopic (exact) mass is 252 g/mol. The van der Waals surface area contributed by atoms with Crippen LogP contribution in [0.1, 0.15) is 30.0 Å². The molecule has 2 aromatic rings. The van der Waals surface area contributed by atoms with E-state index >= 15 is 0 Å². The Morgan fingerprint density at radius 1 is 1.29 bits per heavy atom. The standard InChI is InChI=1S/C10H16N6S/c1-4-5-11-6-9-13-14-10(17-9)16-8(3)12-7(2)15-16/h11H,4-6H2,1-3H3. The van der Waals surface area contributed by atoms with Crippen LogP contribution in [0.4, 0.5) is 0 Å². The van der Waals surface area contributed by atoms with E-state index in [1.165, 1.54) is 11.3 Å². The summed E-state index contributed by atoms with van der Waals surface area (Å²) in [6, 6.07) is 0. The maximum Gasteiger partial charge on any atom is 0.234 e. The van der Waals surface area contributed by atoms with Gasteiger partial charge in [0.1, 0.15) is 16.7 Å². The number of aromatic nitrogens is 5. The lowest BCUT2D eigenvalue weighted by Crippen LogP contribution is -2.13. The summed E-state index contributed by atoms with van der Waals surface area (Å²) in [6.07, 6.45) is 1.12. The quantitative estimate of drug-likeness (QED) is 0.811. The van der Waals surface area contributed by atoms with Crippen LogP contribution >= 0.6 is 11.3 Å². The Balaban J connectivity index is 2.10. The fourth-order valence-corrected chi connectivity index (χ4v) is 2.28. The summed E-state index contributed by atoms with van der Waals surface area (Å²) in [5.74, 6) is 1.59. The minimum atomic E-state index is 0.753. The average Bonchev–Trinajstić information content (AvgIpc) is 2.86. The molecule has 92 valence electrons. The molecule has 0 fully saturated rings. The Hall–Kier alpha value is -1.34. The van der Waals surface area contributed by atoms with E-state index in [1.807, 2.05) is 13.8 Å². The molecule has 0 aliphatic rings. The van der Waals surface area contributed by atoms with Crippen molar-refractivity contribution < 1.29 is 0 Å². The predicted octanol–water partition coefficient (Wildman–Crippen LogP) is 1.24. The molecule has 0 aliphatic heterocycles. The minimum Gasteiger partial charge on any atom is -0.310 e. The van der Waals surface area contributed by atoms with Gasteiger partial charge >= 0.3 is 0 Å². The Kier molecular flexibility index (Phi) is 3.80. The molecule has 6 nitrogen and oxygen atoms in total. The molecule has 0 saturated carbocycles. The lowest BCUT2D eigenvalue weighted by Gasteiger charge is -1.97. The molecule has 0 spiro atoms. The SMILES string of the molecule is CCCNCc1nnc(-n2nc(C)nc2C)s1. The molecule has 1 N–H and O–H groups in total. The molecular formula is C10H16N6S. The highest BCUT2D eigenvalue weighted by Gasteiger charge is 2.10. The second kappa shape index (κ2) is 5.33. The summed E-state index contributed by atoms with van der Waals surface area (Å²) in [7, 11) is 0. The van der Waals surface area contributed by atoms with Gasteiger partial charge in [-0.1, -0.05) is 18.3 Å². The number of hydrogen-bond acceptors (Lipinski definition) is 6. The molecule has 0 unspecified atom stereocenters. The second-order valence-corrected chi connectivity index (χ2v) is 4.81. The van der Waals surface area contributed by atoms with Gasteiger partial charge in [-0.3, -0.25) is 0 Å². The van der Waals surface area contributed by atoms with Crippen molar-refractivity contribution in [2.75, 3.05) is 6.54 Å². The van der Waals surface area contributed by atoms with Gasteiger partial charge in [0.25, 0.3) is 0 Å². The minimum absolute atomic E-state index is 0.753. The summed E-state index contributed by atoms with van der Waals surface area (Å²) in [5.41, 5.74) is 0. The highest BCUT2D eigenvalue weighted by atomic mass is 32.1. The van der Waals surface area contributed by atoms with Crippen molar-refractivity contribution in [1.29, 1.82) is 0 Å². The first-order valence-electron chi connectivity index (χ1n) is 5.64. The van der Waals surface area contributed by atoms with Gasteiger partial charge in [-0.05, 0) is 26.8 Å². The molecule has 2 rings (SSSR count). The van der Waals surface area contributed by atoms with Crippen molar-refractivity contribution in [3.8, 4) is 5.13 Å². The zero-order chi connectivity index (χ0) is 12.3. The first kappa shape index (κ1) is 12.1. The maximum atomic E-state index is 4.28. The van der Waals surface area contributed by atoms with Crippen LogP contribution in [0.25, 0.3) is 5.13 Å². The highest BCUT2D eigenvalue weighted by Crippen LogP contribution is 2.15. The first-order valence-corrected chi connectivity index (χ1v) is 6.46. The van der Waals surface area contributed by atoms with Gasteiger partial charge in [0.2, 0.25) is 5.13 Å². The van der Waals surface area contributed by atoms with Crippen LogP contribution in [0.3, 0.4) is 0 Å². The summed E-state index contributed by atoms with van der Waals surface area (Å²) < 4.78 is 1.73. The predicted molar refractivity (Wildman–Crippen MR) is 66.3 cm³/mol. The van der Waals surface area contributed by atoms with Crippen LogP contribution < -0.4 is 5.32 Å². The number of hydrogen-bond donors (Lipinski definition) is 1. The molecule has 0 atom stereocenters. The molecule has 0 aliphatic carbocycles. The van der Waals surface area contributed by atoms with E-state index < -0.39 is 0 Å². The van der Waals surface area contributed by atoms with Crippen LogP contribution in [0.2, 0.25) is 0 Å². The molecule has 0 aromatic carbocycles. The topological polar surface area (TPSA) is 68.5 Å². The second-order valence-electron chi connectivity index (χ2n) is 3.77. The number of nitrogens with one attached hydrogen (secondary N) is 1. The molecule has 0 radical (unpaired) electrons. The van der Waals surface area contributed by atoms with E-state index in [1.54, 1.807) is 4.68 Å². The molecule has 2 heterocycles. The first-order chi connectivity index (χ1) is 8.20. The van der Waals surface area contributed by atoms with Crippen molar-refractivity contribution >= 4 is 11.3 Å². The van der Waals surface area contributed by atoms with Gasteiger partial charge in [0.15, 0.2) is 0 Å². The molecule has 17 heavy (non-hydrogen) atoms. The number of nitrogens with zero attached hydrogens (tertiary/aromatic N) is 5. The summed E-state index contributed by atoms with van der Waals surface area (Å²) >= 11 is 1.54. The summed E-state index contributed by atoms with van der Waals surface area (Å²) in [4.78, 5) is 4.25. The largest absolute Gasteiger partial charge is 0.310 e. The number of rotatable bonds is 5. The van der Waals surface area contributed by atoms with E-state index in [0.717, 1.165) is 41.3 Å². The lowest BCUT2D eigenvalue weighted by molar-refractivity contribution is 0.667. The van der Waals surface area contributed by atoms with Gasteiger partial charge in [-0.2, -0.15) is 4.68 Å². The highest BCUT2D eigenvalue weighted by molar-refractivity contribution is 7.13. The van der Waals surface area contributed by atoms with Gasteiger partial charge in [-0.25, -0.2) is 4.98 Å². The van der Waals surface area contributed by atoms with Crippen LogP contribution in [-0.2, 0) is 6.54 Å². The van der Waals surface area contributed by atoms with E-state index in [9.17, 15) is 0 Å². The molecule has 2 aromatic heterocycles. The Morgan fingerprint density at radius 3 is 2.76 bits per heavy atom. The van der Waals surface area contributed by atoms with Crippen molar-refractivity contribution in [2.24, 2.45) is 0 Å². The normalized spacial score (nSPS) is 11.0. The summed E-state index contributed by atoms with van der Waals surface area (Å²) in [6.45, 7) is 7.68. The fraction of sp³-hybridized carbons (Fsp3) is 0.600. The molecular weight excluding hydrogens is 236 g/mol. The van der Waals surface area contributed by atoms with Gasteiger partial charge in [-0.15, -0.1) is 15.3 Å². The zero-order valence-corrected chi connectivity index (χ0v) is 11.1. The van der Waals surface area contributed by atoms with Crippen molar-refractivity contribution in [2.45, 2.75) is 33.7 Å². The molecule has 0 bridgehead atoms. The summed E-state index contributed by atoms with van der Waals surface area (Å²) in [5, 5.41) is 17.6. The van der Waals surface area contributed by atoms with E-state index in [-0.39, 0.29) is 0 Å². The van der Waals surface area contributed by atoms with E-state index in [2.05, 4.69) is 32.5 Å². The van der Waals surface area contributed by atoms with E-state index in [0.29, 0.717) is 0 Å². The van der Waals surface area contributed by atoms with Gasteiger partial charge in [0.05, 0.1) is 0 Å². The smallest absolute Gasteiger partial charge is 0.234 e. The van der Waals surface area contributed by atoms with Crippen LogP contribution in [0, 0.1) is 13.8 Å². The van der Waals surface area contributed by atoms with Crippen molar-refractivity contribution in [3.63, 3.8) is 0 Å². The van der Waals surface area contributed by atoms with Crippen LogP contribution in [0.15, 0.2) is 0 Å². The number of aryl methyl sites for hydroxylation is 2. The third kappa shape index (κ3) is 2.86. The molecule has 0 amide bonds. The van der Waals surface area contributed by atoms with Gasteiger partial charge in [0, 0.05) is 6.54 Å². The van der Waals surface area contributed by atoms with Crippen molar-refractivity contribution in [3.05, 3.63) is 16.7 Å². The van der Waals surface area contributed by atoms with E-state index in [4.69, 9.17) is 0 Å².